The first kappa shape index (κ1) is 14.3. The molecule has 4 nitrogen and oxygen atoms in total. The number of nitrogens with zero attached hydrogens (tertiary/aromatic N) is 2. The zero-order valence-electron chi connectivity index (χ0n) is 11.7. The zero-order chi connectivity index (χ0) is 14.7. The van der Waals surface area contributed by atoms with Gasteiger partial charge in [0, 0.05) is 24.3 Å². The van der Waals surface area contributed by atoms with Gasteiger partial charge in [-0.3, -0.25) is 0 Å². The molecule has 0 unspecified atom stereocenters. The van der Waals surface area contributed by atoms with Gasteiger partial charge in [0.25, 0.3) is 0 Å². The summed E-state index contributed by atoms with van der Waals surface area (Å²) in [7, 11) is 3.51. The molecular formula is C15H16ClN3O. The van der Waals surface area contributed by atoms with Crippen LogP contribution in [0.4, 0.5) is 5.69 Å². The number of anilines is 1. The highest BCUT2D eigenvalue weighted by atomic mass is 35.5. The lowest BCUT2D eigenvalue weighted by atomic mass is 10.2. The Kier molecular flexibility index (Phi) is 4.21. The van der Waals surface area contributed by atoms with Crippen LogP contribution in [0.2, 0.25) is 5.02 Å². The number of hydrogen-bond donors (Lipinski definition) is 1. The highest BCUT2D eigenvalue weighted by Gasteiger charge is 2.09. The van der Waals surface area contributed by atoms with E-state index in [1.165, 1.54) is 0 Å². The number of rotatable bonds is 4. The van der Waals surface area contributed by atoms with Crippen molar-refractivity contribution in [3.8, 4) is 11.8 Å². The fraction of sp³-hybridized carbons (Fsp3) is 0.267. The average Bonchev–Trinajstić information content (AvgIpc) is 2.72. The van der Waals surface area contributed by atoms with Gasteiger partial charge in [0.1, 0.15) is 17.5 Å². The first-order chi connectivity index (χ1) is 9.56. The van der Waals surface area contributed by atoms with Crippen molar-refractivity contribution in [1.29, 1.82) is 5.26 Å². The second-order valence-electron chi connectivity index (χ2n) is 4.51. The first-order valence-corrected chi connectivity index (χ1v) is 6.57. The van der Waals surface area contributed by atoms with Gasteiger partial charge < -0.3 is 14.6 Å². The van der Waals surface area contributed by atoms with E-state index in [0.29, 0.717) is 17.3 Å². The van der Waals surface area contributed by atoms with Gasteiger partial charge in [0.2, 0.25) is 0 Å². The van der Waals surface area contributed by atoms with Crippen molar-refractivity contribution in [2.75, 3.05) is 12.4 Å². The molecule has 1 heterocycles. The molecule has 5 heteroatoms. The van der Waals surface area contributed by atoms with Crippen LogP contribution in [0.25, 0.3) is 0 Å². The van der Waals surface area contributed by atoms with Crippen LogP contribution < -0.4 is 10.1 Å². The summed E-state index contributed by atoms with van der Waals surface area (Å²) in [5.74, 6) is 0.739. The molecule has 0 spiro atoms. The fourth-order valence-corrected chi connectivity index (χ4v) is 2.23. The number of hydrogen-bond acceptors (Lipinski definition) is 3. The van der Waals surface area contributed by atoms with E-state index < -0.39 is 0 Å². The normalized spacial score (nSPS) is 10.2. The monoisotopic (exact) mass is 289 g/mol. The first-order valence-electron chi connectivity index (χ1n) is 6.19. The highest BCUT2D eigenvalue weighted by molar-refractivity contribution is 6.30. The molecule has 2 rings (SSSR count). The molecule has 1 aromatic heterocycles. The Morgan fingerprint density at radius 3 is 2.75 bits per heavy atom. The smallest absolute Gasteiger partial charge is 0.142 e. The Hall–Kier alpha value is -2.12. The van der Waals surface area contributed by atoms with Crippen molar-refractivity contribution >= 4 is 17.3 Å². The van der Waals surface area contributed by atoms with Crippen LogP contribution in [-0.4, -0.2) is 11.7 Å². The summed E-state index contributed by atoms with van der Waals surface area (Å²) in [5, 5.41) is 13.0. The predicted octanol–water partition coefficient (Wildman–Crippen LogP) is 3.48. The van der Waals surface area contributed by atoms with Crippen LogP contribution in [0.15, 0.2) is 24.3 Å². The number of benzene rings is 1. The molecule has 0 saturated heterocycles. The van der Waals surface area contributed by atoms with Crippen LogP contribution in [0, 0.1) is 18.3 Å². The van der Waals surface area contributed by atoms with E-state index in [4.69, 9.17) is 21.6 Å². The number of aromatic nitrogens is 1. The molecule has 1 N–H and O–H groups in total. The van der Waals surface area contributed by atoms with E-state index in [1.807, 2.05) is 36.7 Å². The van der Waals surface area contributed by atoms with E-state index in [1.54, 1.807) is 13.2 Å². The molecule has 0 atom stereocenters. The number of nitrogens with one attached hydrogen (secondary N) is 1. The summed E-state index contributed by atoms with van der Waals surface area (Å²) in [6, 6.07) is 9.49. The Labute approximate surface area is 123 Å². The predicted molar refractivity (Wildman–Crippen MR) is 80.2 cm³/mol. The Bertz CT molecular complexity index is 670. The van der Waals surface area contributed by atoms with Gasteiger partial charge in [-0.2, -0.15) is 5.26 Å². The number of ether oxygens (including phenoxy) is 1. The molecule has 0 aliphatic heterocycles. The van der Waals surface area contributed by atoms with Crippen molar-refractivity contribution in [3.05, 3.63) is 46.2 Å². The molecule has 1 aromatic carbocycles. The van der Waals surface area contributed by atoms with Crippen molar-refractivity contribution < 1.29 is 4.74 Å². The highest BCUT2D eigenvalue weighted by Crippen LogP contribution is 2.28. The standard InChI is InChI=1S/C15H16ClN3O/c1-10-11(6-13(8-17)19(10)2)9-18-14-7-12(16)4-5-15(14)20-3/h4-7,18H,9H2,1-3H3. The van der Waals surface area contributed by atoms with Crippen LogP contribution in [-0.2, 0) is 13.6 Å². The zero-order valence-corrected chi connectivity index (χ0v) is 12.5. The molecule has 0 amide bonds. The largest absolute Gasteiger partial charge is 0.495 e. The van der Waals surface area contributed by atoms with Crippen LogP contribution >= 0.6 is 11.6 Å². The van der Waals surface area contributed by atoms with Crippen molar-refractivity contribution in [2.24, 2.45) is 7.05 Å². The van der Waals surface area contributed by atoms with E-state index in [0.717, 1.165) is 22.7 Å². The topological polar surface area (TPSA) is 50.0 Å². The fourth-order valence-electron chi connectivity index (χ4n) is 2.06. The van der Waals surface area contributed by atoms with Gasteiger partial charge >= 0.3 is 0 Å². The van der Waals surface area contributed by atoms with E-state index in [-0.39, 0.29) is 0 Å². The van der Waals surface area contributed by atoms with Gasteiger partial charge in [-0.05, 0) is 36.8 Å². The molecule has 2 aromatic rings. The van der Waals surface area contributed by atoms with Gasteiger partial charge in [-0.1, -0.05) is 11.6 Å². The lowest BCUT2D eigenvalue weighted by molar-refractivity contribution is 0.416. The minimum Gasteiger partial charge on any atom is -0.495 e. The van der Waals surface area contributed by atoms with Crippen LogP contribution in [0.5, 0.6) is 5.75 Å². The van der Waals surface area contributed by atoms with Gasteiger partial charge in [0.15, 0.2) is 0 Å². The van der Waals surface area contributed by atoms with Gasteiger partial charge in [0.05, 0.1) is 12.8 Å². The summed E-state index contributed by atoms with van der Waals surface area (Å²) in [6.45, 7) is 2.60. The second-order valence-corrected chi connectivity index (χ2v) is 4.95. The molecule has 0 aliphatic carbocycles. The minimum absolute atomic E-state index is 0.609. The maximum Gasteiger partial charge on any atom is 0.142 e. The van der Waals surface area contributed by atoms with Crippen molar-refractivity contribution in [3.63, 3.8) is 0 Å². The van der Waals surface area contributed by atoms with Crippen molar-refractivity contribution in [2.45, 2.75) is 13.5 Å². The maximum atomic E-state index is 9.03. The summed E-state index contributed by atoms with van der Waals surface area (Å²) >= 11 is 6.00. The molecule has 0 fully saturated rings. The molecule has 0 aliphatic rings. The van der Waals surface area contributed by atoms with E-state index >= 15 is 0 Å². The van der Waals surface area contributed by atoms with Gasteiger partial charge in [-0.25, -0.2) is 0 Å². The quantitative estimate of drug-likeness (QED) is 0.937. The van der Waals surface area contributed by atoms with Gasteiger partial charge in [-0.15, -0.1) is 0 Å². The molecule has 0 bridgehead atoms. The lowest BCUT2D eigenvalue weighted by Crippen LogP contribution is -2.03. The second kappa shape index (κ2) is 5.89. The van der Waals surface area contributed by atoms with E-state index in [9.17, 15) is 0 Å². The van der Waals surface area contributed by atoms with Crippen LogP contribution in [0.1, 0.15) is 17.0 Å². The minimum atomic E-state index is 0.609. The molecule has 104 valence electrons. The summed E-state index contributed by atoms with van der Waals surface area (Å²) in [4.78, 5) is 0. The molecule has 0 radical (unpaired) electrons. The van der Waals surface area contributed by atoms with Crippen molar-refractivity contribution in [1.82, 2.24) is 4.57 Å². The Balaban J connectivity index is 2.21. The molecule has 20 heavy (non-hydrogen) atoms. The third-order valence-corrected chi connectivity index (χ3v) is 3.62. The summed E-state index contributed by atoms with van der Waals surface area (Å²) in [6.07, 6.45) is 0. The molecule has 0 saturated carbocycles. The summed E-state index contributed by atoms with van der Waals surface area (Å²) in [5.41, 5.74) is 3.63. The Morgan fingerprint density at radius 1 is 1.40 bits per heavy atom. The maximum absolute atomic E-state index is 9.03. The third-order valence-electron chi connectivity index (χ3n) is 3.39. The average molecular weight is 290 g/mol. The Morgan fingerprint density at radius 2 is 2.15 bits per heavy atom. The van der Waals surface area contributed by atoms with Crippen LogP contribution in [0.3, 0.4) is 0 Å². The lowest BCUT2D eigenvalue weighted by Gasteiger charge is -2.11. The summed E-state index contributed by atoms with van der Waals surface area (Å²) < 4.78 is 7.17. The SMILES string of the molecule is COc1ccc(Cl)cc1NCc1cc(C#N)n(C)c1C. The van der Waals surface area contributed by atoms with E-state index in [2.05, 4.69) is 11.4 Å². The number of halogens is 1. The number of nitriles is 1. The third kappa shape index (κ3) is 2.73. The number of methoxy groups -OCH3 is 1. The molecular weight excluding hydrogens is 274 g/mol.